The minimum atomic E-state index is -3.45. The van der Waals surface area contributed by atoms with Gasteiger partial charge in [0.1, 0.15) is 0 Å². The highest BCUT2D eigenvalue weighted by Gasteiger charge is 2.30. The highest BCUT2D eigenvalue weighted by molar-refractivity contribution is 7.92. The number of carbonyl (C=O) groups excluding carboxylic acids is 1. The van der Waals surface area contributed by atoms with E-state index in [-0.39, 0.29) is 17.9 Å². The smallest absolute Gasteiger partial charge is 0.236 e. The molecule has 6 heteroatoms. The van der Waals surface area contributed by atoms with Gasteiger partial charge in [-0.25, -0.2) is 8.42 Å². The lowest BCUT2D eigenvalue weighted by atomic mass is 9.96. The van der Waals surface area contributed by atoms with Gasteiger partial charge in [0, 0.05) is 30.5 Å². The van der Waals surface area contributed by atoms with Gasteiger partial charge < -0.3 is 5.32 Å². The van der Waals surface area contributed by atoms with Crippen LogP contribution >= 0.6 is 0 Å². The molecular formula is C21H32N2O3S. The summed E-state index contributed by atoms with van der Waals surface area (Å²) in [6.45, 7) is 5.00. The lowest BCUT2D eigenvalue weighted by Crippen LogP contribution is -2.44. The summed E-state index contributed by atoms with van der Waals surface area (Å²) in [5.41, 5.74) is 0.854. The molecule has 2 rings (SSSR count). The molecule has 27 heavy (non-hydrogen) atoms. The van der Waals surface area contributed by atoms with E-state index >= 15 is 0 Å². The van der Waals surface area contributed by atoms with Gasteiger partial charge in [0.2, 0.25) is 15.9 Å². The van der Waals surface area contributed by atoms with Crippen LogP contribution in [0.25, 0.3) is 6.08 Å². The van der Waals surface area contributed by atoms with Gasteiger partial charge in [0.15, 0.2) is 0 Å². The molecule has 1 aliphatic heterocycles. The molecule has 0 aromatic heterocycles. The first-order chi connectivity index (χ1) is 12.9. The summed E-state index contributed by atoms with van der Waals surface area (Å²) < 4.78 is 26.5. The maximum absolute atomic E-state index is 12.5. The Balaban J connectivity index is 1.81. The van der Waals surface area contributed by atoms with Crippen LogP contribution in [0.2, 0.25) is 0 Å². The predicted octanol–water partition coefficient (Wildman–Crippen LogP) is 3.78. The van der Waals surface area contributed by atoms with E-state index in [2.05, 4.69) is 12.2 Å². The fraction of sp³-hybridized carbons (Fsp3) is 0.571. The Kier molecular flexibility index (Phi) is 8.51. The molecule has 1 unspecified atom stereocenters. The molecule has 1 atom stereocenters. The van der Waals surface area contributed by atoms with Crippen molar-refractivity contribution in [1.29, 1.82) is 0 Å². The molecule has 0 saturated carbocycles. The van der Waals surface area contributed by atoms with Gasteiger partial charge in [0.25, 0.3) is 0 Å². The molecule has 1 fully saturated rings. The van der Waals surface area contributed by atoms with E-state index in [1.807, 2.05) is 37.3 Å². The van der Waals surface area contributed by atoms with Crippen molar-refractivity contribution in [2.24, 2.45) is 5.92 Å². The summed E-state index contributed by atoms with van der Waals surface area (Å²) in [4.78, 5) is 12.4. The van der Waals surface area contributed by atoms with E-state index in [1.54, 1.807) is 6.08 Å². The molecule has 1 aromatic carbocycles. The van der Waals surface area contributed by atoms with E-state index < -0.39 is 10.0 Å². The first-order valence-electron chi connectivity index (χ1n) is 9.96. The highest BCUT2D eigenvalue weighted by Crippen LogP contribution is 2.21. The van der Waals surface area contributed by atoms with Crippen LogP contribution in [-0.2, 0) is 14.8 Å². The molecular weight excluding hydrogens is 360 g/mol. The topological polar surface area (TPSA) is 66.5 Å². The van der Waals surface area contributed by atoms with E-state index in [4.69, 9.17) is 0 Å². The third kappa shape index (κ3) is 7.11. The number of nitrogens with one attached hydrogen (secondary N) is 1. The zero-order chi connectivity index (χ0) is 19.7. The van der Waals surface area contributed by atoms with Gasteiger partial charge >= 0.3 is 0 Å². The van der Waals surface area contributed by atoms with Crippen LogP contribution in [-0.4, -0.2) is 37.8 Å². The first-order valence-corrected chi connectivity index (χ1v) is 11.5. The fourth-order valence-corrected chi connectivity index (χ4v) is 4.54. The normalized spacial score (nSPS) is 17.9. The zero-order valence-corrected chi connectivity index (χ0v) is 17.2. The quantitative estimate of drug-likeness (QED) is 0.650. The number of hydrogen-bond acceptors (Lipinski definition) is 3. The number of piperidine rings is 1. The van der Waals surface area contributed by atoms with E-state index in [1.165, 1.54) is 22.6 Å². The van der Waals surface area contributed by atoms with Crippen molar-refractivity contribution in [3.05, 3.63) is 41.3 Å². The van der Waals surface area contributed by atoms with Crippen LogP contribution in [0.1, 0.15) is 57.9 Å². The maximum Gasteiger partial charge on any atom is 0.236 e. The van der Waals surface area contributed by atoms with Gasteiger partial charge in [0.05, 0.1) is 0 Å². The molecule has 1 amide bonds. The number of benzene rings is 1. The number of carbonyl (C=O) groups is 1. The highest BCUT2D eigenvalue weighted by atomic mass is 32.2. The minimum absolute atomic E-state index is 0.0656. The van der Waals surface area contributed by atoms with Crippen molar-refractivity contribution >= 4 is 22.0 Å². The van der Waals surface area contributed by atoms with E-state index in [0.29, 0.717) is 25.9 Å². The zero-order valence-electron chi connectivity index (χ0n) is 16.4. The molecule has 150 valence electrons. The molecule has 0 radical (unpaired) electrons. The summed E-state index contributed by atoms with van der Waals surface area (Å²) in [7, 11) is -3.45. The molecule has 0 spiro atoms. The third-order valence-electron chi connectivity index (χ3n) is 5.05. The van der Waals surface area contributed by atoms with E-state index in [0.717, 1.165) is 18.4 Å². The lowest BCUT2D eigenvalue weighted by molar-refractivity contribution is -0.126. The second kappa shape index (κ2) is 10.6. The van der Waals surface area contributed by atoms with Gasteiger partial charge in [-0.05, 0) is 37.8 Å². The van der Waals surface area contributed by atoms with Crippen LogP contribution in [0.5, 0.6) is 0 Å². The fourth-order valence-electron chi connectivity index (χ4n) is 3.32. The van der Waals surface area contributed by atoms with Crippen molar-refractivity contribution in [1.82, 2.24) is 9.62 Å². The average molecular weight is 393 g/mol. The molecule has 1 aromatic rings. The van der Waals surface area contributed by atoms with Crippen molar-refractivity contribution < 1.29 is 13.2 Å². The Morgan fingerprint density at radius 2 is 1.89 bits per heavy atom. The number of sulfonamides is 1. The van der Waals surface area contributed by atoms with Gasteiger partial charge in [-0.15, -0.1) is 0 Å². The minimum Gasteiger partial charge on any atom is -0.353 e. The second-order valence-corrected chi connectivity index (χ2v) is 9.16. The van der Waals surface area contributed by atoms with Crippen molar-refractivity contribution in [2.45, 2.75) is 58.4 Å². The SMILES string of the molecule is CCCCCC(C)NC(=O)C1CCN(S(=O)(=O)/C=C/c2ccccc2)CC1. The molecule has 1 aliphatic rings. The molecule has 5 nitrogen and oxygen atoms in total. The third-order valence-corrected chi connectivity index (χ3v) is 6.61. The van der Waals surface area contributed by atoms with Crippen LogP contribution in [0.15, 0.2) is 35.7 Å². The lowest BCUT2D eigenvalue weighted by Gasteiger charge is -2.30. The Bertz CT molecular complexity index is 708. The standard InChI is InChI=1S/C21H32N2O3S/c1-3-4-6-9-18(2)22-21(24)20-12-15-23(16-13-20)27(25,26)17-14-19-10-7-5-8-11-19/h5,7-8,10-11,14,17-18,20H,3-4,6,9,12-13,15-16H2,1-2H3,(H,22,24)/b17-14+. The summed E-state index contributed by atoms with van der Waals surface area (Å²) in [6.07, 6.45) is 7.25. The van der Waals surface area contributed by atoms with Gasteiger partial charge in [-0.2, -0.15) is 4.31 Å². The summed E-state index contributed by atoms with van der Waals surface area (Å²) in [5.74, 6) is -0.0287. The number of unbranched alkanes of at least 4 members (excludes halogenated alkanes) is 2. The molecule has 0 aliphatic carbocycles. The van der Waals surface area contributed by atoms with Crippen LogP contribution in [0, 0.1) is 5.92 Å². The number of nitrogens with zero attached hydrogens (tertiary/aromatic N) is 1. The number of rotatable bonds is 9. The van der Waals surface area contributed by atoms with Crippen molar-refractivity contribution in [3.8, 4) is 0 Å². The van der Waals surface area contributed by atoms with E-state index in [9.17, 15) is 13.2 Å². The molecule has 1 heterocycles. The summed E-state index contributed by atoms with van der Waals surface area (Å²) in [5, 5.41) is 4.35. The Labute approximate surface area is 163 Å². The maximum atomic E-state index is 12.5. The monoisotopic (exact) mass is 392 g/mol. The summed E-state index contributed by atoms with van der Waals surface area (Å²) in [6, 6.07) is 9.56. The first kappa shape index (κ1) is 21.6. The predicted molar refractivity (Wildman–Crippen MR) is 110 cm³/mol. The summed E-state index contributed by atoms with van der Waals surface area (Å²) >= 11 is 0. The number of amides is 1. The van der Waals surface area contributed by atoms with Crippen LogP contribution in [0.4, 0.5) is 0 Å². The van der Waals surface area contributed by atoms with Gasteiger partial charge in [-0.1, -0.05) is 56.5 Å². The van der Waals surface area contributed by atoms with Crippen molar-refractivity contribution in [2.75, 3.05) is 13.1 Å². The Morgan fingerprint density at radius 3 is 2.52 bits per heavy atom. The number of hydrogen-bond donors (Lipinski definition) is 1. The van der Waals surface area contributed by atoms with Crippen LogP contribution < -0.4 is 5.32 Å². The molecule has 0 bridgehead atoms. The largest absolute Gasteiger partial charge is 0.353 e. The Hall–Kier alpha value is -1.66. The average Bonchev–Trinajstić information content (AvgIpc) is 2.67. The van der Waals surface area contributed by atoms with Gasteiger partial charge in [-0.3, -0.25) is 4.79 Å². The second-order valence-electron chi connectivity index (χ2n) is 7.34. The Morgan fingerprint density at radius 1 is 1.22 bits per heavy atom. The van der Waals surface area contributed by atoms with Crippen LogP contribution in [0.3, 0.4) is 0 Å². The van der Waals surface area contributed by atoms with Crippen molar-refractivity contribution in [3.63, 3.8) is 0 Å². The molecule has 1 saturated heterocycles. The molecule has 1 N–H and O–H groups in total.